The third-order valence-electron chi connectivity index (χ3n) is 3.71. The first-order valence-electron chi connectivity index (χ1n) is 6.62. The molecule has 19 heavy (non-hydrogen) atoms. The van der Waals surface area contributed by atoms with Gasteiger partial charge in [0.05, 0.1) is 6.04 Å². The van der Waals surface area contributed by atoms with Crippen LogP contribution in [0, 0.1) is 5.82 Å². The van der Waals surface area contributed by atoms with Crippen molar-refractivity contribution in [3.8, 4) is 0 Å². The van der Waals surface area contributed by atoms with E-state index in [1.807, 2.05) is 30.3 Å². The molecule has 3 rings (SSSR count). The summed E-state index contributed by atoms with van der Waals surface area (Å²) in [6.07, 6.45) is 2.26. The topological polar surface area (TPSA) is 29.3 Å². The van der Waals surface area contributed by atoms with Crippen molar-refractivity contribution in [1.82, 2.24) is 0 Å². The lowest BCUT2D eigenvalue weighted by molar-refractivity contribution is 0.627. The van der Waals surface area contributed by atoms with Crippen LogP contribution < -0.4 is 10.6 Å². The second-order valence-electron chi connectivity index (χ2n) is 5.00. The number of nitrogens with zero attached hydrogens (tertiary/aromatic N) is 1. The predicted molar refractivity (Wildman–Crippen MR) is 76.6 cm³/mol. The fourth-order valence-electron chi connectivity index (χ4n) is 2.82. The standard InChI is InChI=1S/C16H17FN2/c17-13-6-8-15(9-7-13)19-10-2-5-16(19)12-3-1-4-14(18)11-12/h1,3-4,6-9,11,16H,2,5,10,18H2. The van der Waals surface area contributed by atoms with Gasteiger partial charge in [-0.2, -0.15) is 0 Å². The zero-order valence-corrected chi connectivity index (χ0v) is 10.7. The second-order valence-corrected chi connectivity index (χ2v) is 5.00. The Morgan fingerprint density at radius 2 is 1.89 bits per heavy atom. The molecule has 2 N–H and O–H groups in total. The molecule has 0 spiro atoms. The number of nitrogen functional groups attached to an aromatic ring is 1. The van der Waals surface area contributed by atoms with Crippen molar-refractivity contribution in [3.63, 3.8) is 0 Å². The Labute approximate surface area is 112 Å². The summed E-state index contributed by atoms with van der Waals surface area (Å²) >= 11 is 0. The Hall–Kier alpha value is -2.03. The van der Waals surface area contributed by atoms with E-state index in [-0.39, 0.29) is 5.82 Å². The maximum Gasteiger partial charge on any atom is 0.123 e. The van der Waals surface area contributed by atoms with Crippen molar-refractivity contribution in [3.05, 3.63) is 59.9 Å². The van der Waals surface area contributed by atoms with Crippen molar-refractivity contribution in [2.75, 3.05) is 17.2 Å². The predicted octanol–water partition coefficient (Wildman–Crippen LogP) is 3.75. The fraction of sp³-hybridized carbons (Fsp3) is 0.250. The molecule has 98 valence electrons. The first-order chi connectivity index (χ1) is 9.24. The van der Waals surface area contributed by atoms with Gasteiger partial charge in [0.1, 0.15) is 5.82 Å². The molecule has 0 aromatic heterocycles. The van der Waals surface area contributed by atoms with Crippen LogP contribution in [0.1, 0.15) is 24.4 Å². The van der Waals surface area contributed by atoms with E-state index in [4.69, 9.17) is 5.73 Å². The second kappa shape index (κ2) is 4.92. The first-order valence-corrected chi connectivity index (χ1v) is 6.62. The van der Waals surface area contributed by atoms with Crippen LogP contribution in [0.2, 0.25) is 0 Å². The minimum absolute atomic E-state index is 0.191. The molecule has 0 bridgehead atoms. The van der Waals surface area contributed by atoms with Gasteiger partial charge in [-0.25, -0.2) is 4.39 Å². The number of hydrogen-bond donors (Lipinski definition) is 1. The van der Waals surface area contributed by atoms with Crippen molar-refractivity contribution < 1.29 is 4.39 Å². The highest BCUT2D eigenvalue weighted by molar-refractivity contribution is 5.52. The van der Waals surface area contributed by atoms with Crippen LogP contribution in [0.5, 0.6) is 0 Å². The van der Waals surface area contributed by atoms with Gasteiger partial charge in [-0.05, 0) is 54.8 Å². The van der Waals surface area contributed by atoms with Gasteiger partial charge in [0.25, 0.3) is 0 Å². The molecule has 0 amide bonds. The lowest BCUT2D eigenvalue weighted by Crippen LogP contribution is -2.22. The molecule has 1 fully saturated rings. The average molecular weight is 256 g/mol. The van der Waals surface area contributed by atoms with Crippen LogP contribution in [-0.2, 0) is 0 Å². The van der Waals surface area contributed by atoms with Crippen LogP contribution in [0.3, 0.4) is 0 Å². The summed E-state index contributed by atoms with van der Waals surface area (Å²) in [5.74, 6) is -0.191. The van der Waals surface area contributed by atoms with Crippen molar-refractivity contribution in [2.45, 2.75) is 18.9 Å². The molecule has 1 aliphatic heterocycles. The molecule has 0 radical (unpaired) electrons. The molecule has 1 saturated heterocycles. The van der Waals surface area contributed by atoms with Crippen LogP contribution >= 0.6 is 0 Å². The van der Waals surface area contributed by atoms with Gasteiger partial charge in [-0.1, -0.05) is 12.1 Å². The summed E-state index contributed by atoms with van der Waals surface area (Å²) < 4.78 is 13.0. The Kier molecular flexibility index (Phi) is 3.11. The molecular formula is C16H17FN2. The highest BCUT2D eigenvalue weighted by atomic mass is 19.1. The highest BCUT2D eigenvalue weighted by Crippen LogP contribution is 2.36. The van der Waals surface area contributed by atoms with Gasteiger partial charge in [-0.3, -0.25) is 0 Å². The molecule has 1 aliphatic rings. The quantitative estimate of drug-likeness (QED) is 0.829. The monoisotopic (exact) mass is 256 g/mol. The van der Waals surface area contributed by atoms with Gasteiger partial charge in [0, 0.05) is 17.9 Å². The normalized spacial score (nSPS) is 18.8. The van der Waals surface area contributed by atoms with E-state index in [0.717, 1.165) is 30.8 Å². The maximum absolute atomic E-state index is 13.0. The van der Waals surface area contributed by atoms with Gasteiger partial charge in [-0.15, -0.1) is 0 Å². The molecule has 2 aromatic carbocycles. The molecular weight excluding hydrogens is 239 g/mol. The van der Waals surface area contributed by atoms with E-state index in [2.05, 4.69) is 11.0 Å². The zero-order valence-electron chi connectivity index (χ0n) is 10.7. The zero-order chi connectivity index (χ0) is 13.2. The summed E-state index contributed by atoms with van der Waals surface area (Å²) in [6.45, 7) is 1.01. The third-order valence-corrected chi connectivity index (χ3v) is 3.71. The van der Waals surface area contributed by atoms with E-state index in [1.54, 1.807) is 0 Å². The molecule has 3 heteroatoms. The number of anilines is 2. The smallest absolute Gasteiger partial charge is 0.123 e. The lowest BCUT2D eigenvalue weighted by atomic mass is 10.0. The van der Waals surface area contributed by atoms with Crippen LogP contribution in [0.25, 0.3) is 0 Å². The molecule has 0 saturated carbocycles. The van der Waals surface area contributed by atoms with Crippen LogP contribution in [0.4, 0.5) is 15.8 Å². The summed E-state index contributed by atoms with van der Waals surface area (Å²) in [5.41, 5.74) is 8.97. The highest BCUT2D eigenvalue weighted by Gasteiger charge is 2.26. The largest absolute Gasteiger partial charge is 0.399 e. The lowest BCUT2D eigenvalue weighted by Gasteiger charge is -2.27. The SMILES string of the molecule is Nc1cccc(C2CCCN2c2ccc(F)cc2)c1. The Balaban J connectivity index is 1.91. The molecule has 1 atom stereocenters. The molecule has 2 nitrogen and oxygen atoms in total. The number of hydrogen-bond acceptors (Lipinski definition) is 2. The first kappa shape index (κ1) is 12.0. The summed E-state index contributed by atoms with van der Waals surface area (Å²) in [7, 11) is 0. The maximum atomic E-state index is 13.0. The van der Waals surface area contributed by atoms with Gasteiger partial charge in [0.2, 0.25) is 0 Å². The number of benzene rings is 2. The van der Waals surface area contributed by atoms with E-state index in [0.29, 0.717) is 6.04 Å². The van der Waals surface area contributed by atoms with Crippen molar-refractivity contribution in [1.29, 1.82) is 0 Å². The number of rotatable bonds is 2. The number of nitrogens with two attached hydrogens (primary N) is 1. The molecule has 1 unspecified atom stereocenters. The van der Waals surface area contributed by atoms with E-state index in [9.17, 15) is 4.39 Å². The summed E-state index contributed by atoms with van der Waals surface area (Å²) in [6, 6.07) is 15.1. The molecule has 2 aromatic rings. The Morgan fingerprint density at radius 1 is 1.11 bits per heavy atom. The minimum Gasteiger partial charge on any atom is -0.399 e. The van der Waals surface area contributed by atoms with Gasteiger partial charge in [0.15, 0.2) is 0 Å². The van der Waals surface area contributed by atoms with Crippen molar-refractivity contribution in [2.24, 2.45) is 0 Å². The summed E-state index contributed by atoms with van der Waals surface area (Å²) in [4.78, 5) is 2.33. The van der Waals surface area contributed by atoms with E-state index >= 15 is 0 Å². The third kappa shape index (κ3) is 2.41. The van der Waals surface area contributed by atoms with E-state index in [1.165, 1.54) is 17.7 Å². The van der Waals surface area contributed by atoms with Crippen molar-refractivity contribution >= 4 is 11.4 Å². The average Bonchev–Trinajstić information content (AvgIpc) is 2.89. The molecule has 0 aliphatic carbocycles. The Bertz CT molecular complexity index is 565. The minimum atomic E-state index is -0.191. The number of halogens is 1. The molecule has 1 heterocycles. The van der Waals surface area contributed by atoms with Gasteiger partial charge < -0.3 is 10.6 Å². The summed E-state index contributed by atoms with van der Waals surface area (Å²) in [5, 5.41) is 0. The van der Waals surface area contributed by atoms with Crippen LogP contribution in [0.15, 0.2) is 48.5 Å². The van der Waals surface area contributed by atoms with Gasteiger partial charge >= 0.3 is 0 Å². The fourth-order valence-corrected chi connectivity index (χ4v) is 2.82. The van der Waals surface area contributed by atoms with Crippen LogP contribution in [-0.4, -0.2) is 6.54 Å². The Morgan fingerprint density at radius 3 is 2.63 bits per heavy atom. The van der Waals surface area contributed by atoms with E-state index < -0.39 is 0 Å².